The second-order valence-electron chi connectivity index (χ2n) is 14.7. The summed E-state index contributed by atoms with van der Waals surface area (Å²) in [5, 5.41) is 44.0. The highest BCUT2D eigenvalue weighted by atomic mass is 35.5. The van der Waals surface area contributed by atoms with E-state index in [0.29, 0.717) is 19.3 Å². The van der Waals surface area contributed by atoms with Gasteiger partial charge in [-0.25, -0.2) is 0 Å². The molecule has 0 aliphatic rings. The van der Waals surface area contributed by atoms with Gasteiger partial charge in [0.15, 0.2) is 7.85 Å². The van der Waals surface area contributed by atoms with Crippen LogP contribution in [-0.2, 0) is 28.7 Å². The maximum absolute atomic E-state index is 11.7. The first-order valence-electron chi connectivity index (χ1n) is 22.3. The highest BCUT2D eigenvalue weighted by Crippen LogP contribution is 2.11. The molecule has 59 heavy (non-hydrogen) atoms. The first-order valence-corrected chi connectivity index (χ1v) is 22.6. The van der Waals surface area contributed by atoms with E-state index in [1.54, 1.807) is 0 Å². The zero-order chi connectivity index (χ0) is 46.0. The van der Waals surface area contributed by atoms with Crippen LogP contribution >= 0.6 is 11.6 Å². The number of carbonyl (C=O) groups is 4. The topological polar surface area (TPSA) is 252 Å². The Morgan fingerprint density at radius 3 is 1.08 bits per heavy atom. The Kier molecular flexibility index (Phi) is 63.5. The molecule has 0 saturated carbocycles. The van der Waals surface area contributed by atoms with Crippen molar-refractivity contribution in [2.24, 2.45) is 11.5 Å². The number of rotatable bonds is 34. The number of esters is 2. The van der Waals surface area contributed by atoms with Crippen LogP contribution in [0.3, 0.4) is 0 Å². The standard InChI is InChI=1S/C23H45NO4.C10H19ClO.C4H12BNO3.C3H9NO2.C2H3BO/c1-3-5-7-9-11-13-15-17-22(25)27-19-21(24)20-28-23(26)18-16-14-12-10-8-6-4-2;1-2-3-4-5-6-7-8-9-10(11)12;1-5(9)6-4(2-7)3-8;4-3(1-5)2-6;1-2(3)4/h21H,3-20,24H2,1-2H3;2-9H2,1H3;4,6-9H,2-3H2,1H3;3,5-6H,1-2,4H2;1H3. The van der Waals surface area contributed by atoms with Gasteiger partial charge < -0.3 is 56.4 Å². The summed E-state index contributed by atoms with van der Waals surface area (Å²) in [6, 6.07) is -1.31. The van der Waals surface area contributed by atoms with Gasteiger partial charge in [0.25, 0.3) is 0 Å². The summed E-state index contributed by atoms with van der Waals surface area (Å²) in [4.78, 5) is 43.0. The number of nitrogens with two attached hydrogens (primary N) is 2. The Labute approximate surface area is 365 Å². The lowest BCUT2D eigenvalue weighted by atomic mass is 9.87. The third-order valence-corrected chi connectivity index (χ3v) is 8.44. The van der Waals surface area contributed by atoms with Crippen molar-refractivity contribution in [2.75, 3.05) is 39.6 Å². The lowest BCUT2D eigenvalue weighted by Crippen LogP contribution is -2.44. The van der Waals surface area contributed by atoms with Crippen molar-refractivity contribution in [3.05, 3.63) is 0 Å². The Bertz CT molecular complexity index is 855. The SMILES string of the molecule is CB(O)NC(CO)CO.CCCCCCCCCC(=O)Cl.CCCCCCCCCC(=O)OCC(N)COC(=O)CCCCCCCCC.NC(CO)CO.[B]C(C)=O. The van der Waals surface area contributed by atoms with Gasteiger partial charge in [0.2, 0.25) is 5.24 Å². The van der Waals surface area contributed by atoms with Crippen molar-refractivity contribution in [3.63, 3.8) is 0 Å². The number of ether oxygens (including phenoxy) is 2. The van der Waals surface area contributed by atoms with E-state index in [4.69, 9.17) is 58.0 Å². The maximum Gasteiger partial charge on any atom is 0.373 e. The number of carbonyl (C=O) groups excluding carboxylic acids is 4. The number of aliphatic hydroxyl groups excluding tert-OH is 4. The van der Waals surface area contributed by atoms with E-state index in [2.05, 4.69) is 33.8 Å². The van der Waals surface area contributed by atoms with Crippen LogP contribution in [0.5, 0.6) is 0 Å². The van der Waals surface area contributed by atoms with Gasteiger partial charge in [0.05, 0.1) is 44.2 Å². The fourth-order valence-corrected chi connectivity index (χ4v) is 4.96. The molecular weight excluding hydrogens is 780 g/mol. The highest BCUT2D eigenvalue weighted by molar-refractivity contribution is 6.63. The van der Waals surface area contributed by atoms with Gasteiger partial charge in [-0.2, -0.15) is 0 Å². The van der Waals surface area contributed by atoms with E-state index >= 15 is 0 Å². The zero-order valence-corrected chi connectivity index (χ0v) is 38.6. The number of unbranched alkanes of at least 4 members (excludes halogenated alkanes) is 18. The van der Waals surface area contributed by atoms with Crippen molar-refractivity contribution in [2.45, 2.75) is 207 Å². The van der Waals surface area contributed by atoms with Crippen LogP contribution in [0.2, 0.25) is 6.82 Å². The molecule has 0 amide bonds. The molecule has 0 aromatic carbocycles. The number of halogens is 1. The van der Waals surface area contributed by atoms with Crippen molar-refractivity contribution in [1.29, 1.82) is 0 Å². The first kappa shape index (κ1) is 66.5. The monoisotopic (exact) mass is 868 g/mol. The minimum atomic E-state index is -0.686. The molecule has 0 heterocycles. The quantitative estimate of drug-likeness (QED) is 0.0169. The molecule has 0 aromatic heterocycles. The van der Waals surface area contributed by atoms with Gasteiger partial charge >= 0.3 is 19.0 Å². The molecule has 0 spiro atoms. The number of hydrogen-bond acceptors (Lipinski definition) is 14. The molecule has 0 aliphatic carbocycles. The minimum absolute atomic E-state index is 0.111. The lowest BCUT2D eigenvalue weighted by Gasteiger charge is -2.13. The van der Waals surface area contributed by atoms with E-state index in [9.17, 15) is 19.2 Å². The zero-order valence-electron chi connectivity index (χ0n) is 37.8. The van der Waals surface area contributed by atoms with Crippen molar-refractivity contribution >= 4 is 49.4 Å². The minimum Gasteiger partial charge on any atom is -0.464 e. The predicted octanol–water partition coefficient (Wildman–Crippen LogP) is 5.61. The number of nitrogens with one attached hydrogen (secondary N) is 1. The number of aliphatic hydroxyl groups is 4. The largest absolute Gasteiger partial charge is 0.464 e. The Balaban J connectivity index is -0.000000255. The molecule has 0 rings (SSSR count). The summed E-state index contributed by atoms with van der Waals surface area (Å²) in [7, 11) is 3.79. The van der Waals surface area contributed by atoms with E-state index < -0.39 is 25.2 Å². The van der Waals surface area contributed by atoms with Gasteiger partial charge in [-0.05, 0) is 44.6 Å². The van der Waals surface area contributed by atoms with Crippen molar-refractivity contribution < 1.29 is 54.1 Å². The average Bonchev–Trinajstić information content (AvgIpc) is 3.20. The van der Waals surface area contributed by atoms with Gasteiger partial charge in [0.1, 0.15) is 13.2 Å². The molecule has 0 fully saturated rings. The van der Waals surface area contributed by atoms with Crippen LogP contribution in [0.15, 0.2) is 0 Å². The average molecular weight is 868 g/mol. The van der Waals surface area contributed by atoms with Crippen LogP contribution in [-0.4, -0.2) is 121 Å². The summed E-state index contributed by atoms with van der Waals surface area (Å²) in [5.41, 5.74) is 10.5. The fraction of sp³-hybridized carbons (Fsp3) is 0.905. The van der Waals surface area contributed by atoms with Crippen LogP contribution in [0.25, 0.3) is 0 Å². The molecule has 0 aromatic rings. The van der Waals surface area contributed by atoms with Crippen molar-refractivity contribution in [3.8, 4) is 0 Å². The molecular formula is C42H88B2ClN3O11. The van der Waals surface area contributed by atoms with E-state index in [1.807, 2.05) is 0 Å². The molecule has 0 unspecified atom stereocenters. The predicted molar refractivity (Wildman–Crippen MR) is 242 cm³/mol. The first-order chi connectivity index (χ1) is 28.1. The molecule has 0 saturated heterocycles. The van der Waals surface area contributed by atoms with E-state index in [0.717, 1.165) is 38.5 Å². The fourth-order valence-electron chi connectivity index (χ4n) is 4.83. The second-order valence-corrected chi connectivity index (χ2v) is 15.2. The van der Waals surface area contributed by atoms with E-state index in [-0.39, 0.29) is 62.5 Å². The Hall–Kier alpha value is -1.62. The van der Waals surface area contributed by atoms with Gasteiger partial charge in [0, 0.05) is 25.3 Å². The summed E-state index contributed by atoms with van der Waals surface area (Å²) in [5.74, 6) is -0.420. The molecule has 0 bridgehead atoms. The third kappa shape index (κ3) is 74.3. The van der Waals surface area contributed by atoms with Crippen LogP contribution < -0.4 is 16.7 Å². The summed E-state index contributed by atoms with van der Waals surface area (Å²) in [6.45, 7) is 9.07. The molecule has 14 nitrogen and oxygen atoms in total. The molecule has 0 aliphatic heterocycles. The third-order valence-electron chi connectivity index (χ3n) is 8.25. The highest BCUT2D eigenvalue weighted by Gasteiger charge is 2.11. The molecule has 2 radical (unpaired) electrons. The molecule has 350 valence electrons. The number of hydrogen-bond donors (Lipinski definition) is 8. The van der Waals surface area contributed by atoms with Gasteiger partial charge in [-0.1, -0.05) is 136 Å². The second kappa shape index (κ2) is 56.4. The summed E-state index contributed by atoms with van der Waals surface area (Å²) in [6.07, 6.45) is 26.5. The summed E-state index contributed by atoms with van der Waals surface area (Å²) < 4.78 is 10.3. The van der Waals surface area contributed by atoms with E-state index in [1.165, 1.54) is 110 Å². The normalized spacial score (nSPS) is 10.3. The van der Waals surface area contributed by atoms with Gasteiger partial charge in [-0.3, -0.25) is 14.4 Å². The molecule has 10 N–H and O–H groups in total. The lowest BCUT2D eigenvalue weighted by molar-refractivity contribution is -0.147. The smallest absolute Gasteiger partial charge is 0.373 e. The Morgan fingerprint density at radius 1 is 0.576 bits per heavy atom. The van der Waals surface area contributed by atoms with Crippen LogP contribution in [0.1, 0.15) is 182 Å². The molecule has 17 heteroatoms. The maximum atomic E-state index is 11.7. The van der Waals surface area contributed by atoms with Crippen LogP contribution in [0.4, 0.5) is 0 Å². The Morgan fingerprint density at radius 2 is 0.864 bits per heavy atom. The molecule has 0 atom stereocenters. The summed E-state index contributed by atoms with van der Waals surface area (Å²) >= 11 is 5.20. The van der Waals surface area contributed by atoms with Crippen molar-refractivity contribution in [1.82, 2.24) is 5.23 Å². The van der Waals surface area contributed by atoms with Crippen LogP contribution in [0, 0.1) is 0 Å². The van der Waals surface area contributed by atoms with Gasteiger partial charge in [-0.15, -0.1) is 0 Å².